The maximum Gasteiger partial charge on any atom is 0.226 e. The first-order chi connectivity index (χ1) is 6.24. The highest BCUT2D eigenvalue weighted by Crippen LogP contribution is 2.15. The lowest BCUT2D eigenvalue weighted by molar-refractivity contribution is -0.123. The molecule has 2 heteroatoms. The third-order valence-corrected chi connectivity index (χ3v) is 2.63. The van der Waals surface area contributed by atoms with Gasteiger partial charge in [-0.05, 0) is 32.1 Å². The third-order valence-electron chi connectivity index (χ3n) is 2.63. The second kappa shape index (κ2) is 5.05. The summed E-state index contributed by atoms with van der Waals surface area (Å²) in [4.78, 5) is 11.5. The molecule has 0 aromatic heterocycles. The number of carbonyl (C=O) groups is 1. The molecular formula is C11H19NO. The molecule has 13 heavy (non-hydrogen) atoms. The predicted octanol–water partition coefficient (Wildman–Crippen LogP) is 2.61. The minimum absolute atomic E-state index is 0.142. The Morgan fingerprint density at radius 1 is 1.62 bits per heavy atom. The van der Waals surface area contributed by atoms with Gasteiger partial charge in [0.2, 0.25) is 5.91 Å². The molecule has 1 amide bonds. The van der Waals surface area contributed by atoms with Gasteiger partial charge in [-0.15, -0.1) is 0 Å². The molecule has 0 unspecified atom stereocenters. The van der Waals surface area contributed by atoms with E-state index in [0.717, 1.165) is 25.0 Å². The summed E-state index contributed by atoms with van der Waals surface area (Å²) in [7, 11) is 0. The fourth-order valence-corrected chi connectivity index (χ4v) is 1.42. The van der Waals surface area contributed by atoms with E-state index in [1.54, 1.807) is 0 Å². The largest absolute Gasteiger partial charge is 0.330 e. The Balaban J connectivity index is 2.39. The minimum atomic E-state index is 0.142. The van der Waals surface area contributed by atoms with Gasteiger partial charge >= 0.3 is 0 Å². The van der Waals surface area contributed by atoms with Crippen LogP contribution in [0.3, 0.4) is 0 Å². The maximum absolute atomic E-state index is 11.5. The van der Waals surface area contributed by atoms with Crippen LogP contribution >= 0.6 is 0 Å². The van der Waals surface area contributed by atoms with Gasteiger partial charge in [-0.1, -0.05) is 19.9 Å². The second-order valence-electron chi connectivity index (χ2n) is 3.77. The topological polar surface area (TPSA) is 29.1 Å². The first-order valence-corrected chi connectivity index (χ1v) is 5.24. The summed E-state index contributed by atoms with van der Waals surface area (Å²) in [5, 5.41) is 2.99. The number of carbonyl (C=O) groups excluding carboxylic acids is 1. The van der Waals surface area contributed by atoms with E-state index in [0.29, 0.717) is 0 Å². The van der Waals surface area contributed by atoms with Crippen LogP contribution in [0.4, 0.5) is 0 Å². The fraction of sp³-hybridized carbons (Fsp3) is 0.727. The number of nitrogens with one attached hydrogen (secondary N) is 1. The van der Waals surface area contributed by atoms with E-state index < -0.39 is 0 Å². The smallest absolute Gasteiger partial charge is 0.226 e. The van der Waals surface area contributed by atoms with Crippen LogP contribution in [0, 0.1) is 5.92 Å². The Labute approximate surface area is 80.4 Å². The Kier molecular flexibility index (Phi) is 4.00. The van der Waals surface area contributed by atoms with Crippen molar-refractivity contribution in [2.75, 3.05) is 0 Å². The van der Waals surface area contributed by atoms with Crippen molar-refractivity contribution in [1.29, 1.82) is 0 Å². The van der Waals surface area contributed by atoms with Crippen molar-refractivity contribution in [3.63, 3.8) is 0 Å². The van der Waals surface area contributed by atoms with Crippen molar-refractivity contribution in [1.82, 2.24) is 5.32 Å². The zero-order valence-corrected chi connectivity index (χ0v) is 8.60. The van der Waals surface area contributed by atoms with E-state index in [1.165, 1.54) is 12.8 Å². The highest BCUT2D eigenvalue weighted by atomic mass is 16.1. The van der Waals surface area contributed by atoms with Crippen LogP contribution in [0.5, 0.6) is 0 Å². The number of hydrogen-bond donors (Lipinski definition) is 1. The van der Waals surface area contributed by atoms with Gasteiger partial charge in [-0.3, -0.25) is 4.79 Å². The summed E-state index contributed by atoms with van der Waals surface area (Å²) in [6.45, 7) is 4.01. The SMILES string of the molecule is CC[C@H](C)C(=O)NC1=CCCCC1. The van der Waals surface area contributed by atoms with E-state index in [-0.39, 0.29) is 11.8 Å². The van der Waals surface area contributed by atoms with E-state index in [1.807, 2.05) is 13.8 Å². The van der Waals surface area contributed by atoms with Crippen LogP contribution in [-0.2, 0) is 4.79 Å². The number of amides is 1. The first kappa shape index (κ1) is 10.3. The molecule has 0 radical (unpaired) electrons. The van der Waals surface area contributed by atoms with E-state index in [2.05, 4.69) is 11.4 Å². The summed E-state index contributed by atoms with van der Waals surface area (Å²) in [6.07, 6.45) is 7.72. The van der Waals surface area contributed by atoms with Crippen LogP contribution in [-0.4, -0.2) is 5.91 Å². The molecule has 0 aromatic carbocycles. The van der Waals surface area contributed by atoms with Gasteiger partial charge in [0, 0.05) is 11.6 Å². The van der Waals surface area contributed by atoms with Crippen LogP contribution in [0.15, 0.2) is 11.8 Å². The normalized spacial score (nSPS) is 19.1. The number of rotatable bonds is 3. The Morgan fingerprint density at radius 2 is 2.38 bits per heavy atom. The lowest BCUT2D eigenvalue weighted by atomic mass is 10.0. The second-order valence-corrected chi connectivity index (χ2v) is 3.77. The van der Waals surface area contributed by atoms with Gasteiger partial charge in [-0.2, -0.15) is 0 Å². The predicted molar refractivity (Wildman–Crippen MR) is 54.1 cm³/mol. The molecule has 1 rings (SSSR count). The molecule has 0 spiro atoms. The Bertz CT molecular complexity index is 208. The average molecular weight is 181 g/mol. The molecule has 1 aliphatic rings. The Hall–Kier alpha value is -0.790. The van der Waals surface area contributed by atoms with Gasteiger partial charge in [0.15, 0.2) is 0 Å². The van der Waals surface area contributed by atoms with Crippen molar-refractivity contribution in [2.24, 2.45) is 5.92 Å². The zero-order chi connectivity index (χ0) is 9.68. The average Bonchev–Trinajstić information content (AvgIpc) is 2.18. The molecule has 1 aliphatic carbocycles. The monoisotopic (exact) mass is 181 g/mol. The van der Waals surface area contributed by atoms with Crippen LogP contribution in [0.1, 0.15) is 46.0 Å². The lowest BCUT2D eigenvalue weighted by Crippen LogP contribution is -2.28. The minimum Gasteiger partial charge on any atom is -0.330 e. The van der Waals surface area contributed by atoms with Crippen molar-refractivity contribution in [3.8, 4) is 0 Å². The van der Waals surface area contributed by atoms with E-state index >= 15 is 0 Å². The molecule has 1 atom stereocenters. The molecule has 0 aromatic rings. The van der Waals surface area contributed by atoms with Crippen molar-refractivity contribution in [3.05, 3.63) is 11.8 Å². The zero-order valence-electron chi connectivity index (χ0n) is 8.60. The lowest BCUT2D eigenvalue weighted by Gasteiger charge is -2.16. The van der Waals surface area contributed by atoms with Crippen molar-refractivity contribution >= 4 is 5.91 Å². The summed E-state index contributed by atoms with van der Waals surface area (Å²) >= 11 is 0. The van der Waals surface area contributed by atoms with Crippen LogP contribution in [0.2, 0.25) is 0 Å². The third kappa shape index (κ3) is 3.21. The molecule has 0 fully saturated rings. The molecule has 0 saturated heterocycles. The highest BCUT2D eigenvalue weighted by molar-refractivity contribution is 5.79. The van der Waals surface area contributed by atoms with Crippen LogP contribution in [0.25, 0.3) is 0 Å². The van der Waals surface area contributed by atoms with E-state index in [9.17, 15) is 4.79 Å². The van der Waals surface area contributed by atoms with Gasteiger partial charge in [0.25, 0.3) is 0 Å². The van der Waals surface area contributed by atoms with Crippen LogP contribution < -0.4 is 5.32 Å². The van der Waals surface area contributed by atoms with Gasteiger partial charge in [-0.25, -0.2) is 0 Å². The van der Waals surface area contributed by atoms with E-state index in [4.69, 9.17) is 0 Å². The molecule has 0 heterocycles. The Morgan fingerprint density at radius 3 is 2.92 bits per heavy atom. The molecule has 0 saturated carbocycles. The summed E-state index contributed by atoms with van der Waals surface area (Å²) in [6, 6.07) is 0. The highest BCUT2D eigenvalue weighted by Gasteiger charge is 2.12. The number of allylic oxidation sites excluding steroid dienone is 2. The molecule has 0 aliphatic heterocycles. The quantitative estimate of drug-likeness (QED) is 0.712. The molecule has 74 valence electrons. The number of hydrogen-bond acceptors (Lipinski definition) is 1. The standard InChI is InChI=1S/C11H19NO/c1-3-9(2)11(13)12-10-7-5-4-6-8-10/h7,9H,3-6,8H2,1-2H3,(H,12,13)/t9-/m0/s1. The molecular weight excluding hydrogens is 162 g/mol. The van der Waals surface area contributed by atoms with Crippen molar-refractivity contribution < 1.29 is 4.79 Å². The molecule has 1 N–H and O–H groups in total. The van der Waals surface area contributed by atoms with Gasteiger partial charge < -0.3 is 5.32 Å². The maximum atomic E-state index is 11.5. The summed E-state index contributed by atoms with van der Waals surface area (Å²) in [5.74, 6) is 0.318. The fourth-order valence-electron chi connectivity index (χ4n) is 1.42. The van der Waals surface area contributed by atoms with Gasteiger partial charge in [0.05, 0.1) is 0 Å². The molecule has 2 nitrogen and oxygen atoms in total. The van der Waals surface area contributed by atoms with Gasteiger partial charge in [0.1, 0.15) is 0 Å². The summed E-state index contributed by atoms with van der Waals surface area (Å²) < 4.78 is 0. The summed E-state index contributed by atoms with van der Waals surface area (Å²) in [5.41, 5.74) is 1.14. The first-order valence-electron chi connectivity index (χ1n) is 5.24. The molecule has 0 bridgehead atoms. The van der Waals surface area contributed by atoms with Crippen molar-refractivity contribution in [2.45, 2.75) is 46.0 Å².